The molecule has 0 saturated heterocycles. The van der Waals surface area contributed by atoms with Crippen molar-refractivity contribution < 1.29 is 24.3 Å². The summed E-state index contributed by atoms with van der Waals surface area (Å²) in [5.41, 5.74) is 5.89. The fourth-order valence-electron chi connectivity index (χ4n) is 2.32. The van der Waals surface area contributed by atoms with E-state index in [4.69, 9.17) is 10.8 Å². The van der Waals surface area contributed by atoms with Crippen LogP contribution < -0.4 is 21.7 Å². The standard InChI is InChI=1S/C18H34N4O5S/c1-7-10(4)13(15(25)20-8-11(23)24)22-16(26)12(9(2)3)21-17(27)14(19)18(5,6)28/h9-10,12-14,28H,7-8,19H2,1-6H3,(H,20,25)(H,21,27)(H,22,26)(H,23,24)/t10-,12-,13-,14+/m0/s1. The van der Waals surface area contributed by atoms with E-state index in [1.54, 1.807) is 34.6 Å². The van der Waals surface area contributed by atoms with Gasteiger partial charge in [0.15, 0.2) is 0 Å². The lowest BCUT2D eigenvalue weighted by atomic mass is 9.96. The number of thiol groups is 1. The quantitative estimate of drug-likeness (QED) is 0.258. The molecule has 28 heavy (non-hydrogen) atoms. The molecule has 0 fully saturated rings. The summed E-state index contributed by atoms with van der Waals surface area (Å²) < 4.78 is -0.780. The van der Waals surface area contributed by atoms with Gasteiger partial charge in [-0.2, -0.15) is 12.6 Å². The number of aliphatic carboxylic acids is 1. The maximum absolute atomic E-state index is 12.8. The van der Waals surface area contributed by atoms with Gasteiger partial charge in [-0.3, -0.25) is 19.2 Å². The number of hydrogen-bond donors (Lipinski definition) is 6. The molecule has 0 aliphatic carbocycles. The Bertz CT molecular complexity index is 577. The van der Waals surface area contributed by atoms with Gasteiger partial charge in [-0.05, 0) is 25.7 Å². The van der Waals surface area contributed by atoms with Crippen LogP contribution in [0, 0.1) is 11.8 Å². The second kappa shape index (κ2) is 11.3. The van der Waals surface area contributed by atoms with Gasteiger partial charge < -0.3 is 26.8 Å². The molecule has 0 rings (SSSR count). The second-order valence-electron chi connectivity index (χ2n) is 7.84. The Balaban J connectivity index is 5.32. The minimum Gasteiger partial charge on any atom is -0.480 e. The van der Waals surface area contributed by atoms with Crippen molar-refractivity contribution in [1.82, 2.24) is 16.0 Å². The molecule has 0 heterocycles. The summed E-state index contributed by atoms with van der Waals surface area (Å²) in [6, 6.07) is -2.77. The van der Waals surface area contributed by atoms with E-state index in [9.17, 15) is 19.2 Å². The predicted molar refractivity (Wildman–Crippen MR) is 110 cm³/mol. The van der Waals surface area contributed by atoms with Crippen molar-refractivity contribution in [2.75, 3.05) is 6.54 Å². The molecule has 6 N–H and O–H groups in total. The highest BCUT2D eigenvalue weighted by Crippen LogP contribution is 2.16. The first-order chi connectivity index (χ1) is 12.7. The molecule has 0 radical (unpaired) electrons. The molecule has 0 aromatic carbocycles. The monoisotopic (exact) mass is 418 g/mol. The number of carbonyl (C=O) groups excluding carboxylic acids is 3. The third-order valence-corrected chi connectivity index (χ3v) is 4.78. The van der Waals surface area contributed by atoms with Crippen LogP contribution in [0.25, 0.3) is 0 Å². The molecule has 3 amide bonds. The molecule has 9 nitrogen and oxygen atoms in total. The van der Waals surface area contributed by atoms with E-state index < -0.39 is 53.1 Å². The number of hydrogen-bond acceptors (Lipinski definition) is 6. The summed E-state index contributed by atoms with van der Waals surface area (Å²) in [4.78, 5) is 48.2. The van der Waals surface area contributed by atoms with Crippen LogP contribution in [0.4, 0.5) is 0 Å². The average Bonchev–Trinajstić information content (AvgIpc) is 2.59. The van der Waals surface area contributed by atoms with Crippen LogP contribution in [0.15, 0.2) is 0 Å². The fraction of sp³-hybridized carbons (Fsp3) is 0.778. The number of nitrogens with one attached hydrogen (secondary N) is 3. The first-order valence-electron chi connectivity index (χ1n) is 9.30. The molecular formula is C18H34N4O5S. The van der Waals surface area contributed by atoms with Crippen LogP contribution in [-0.4, -0.2) is 58.2 Å². The van der Waals surface area contributed by atoms with Gasteiger partial charge in [0.05, 0.1) is 6.04 Å². The lowest BCUT2D eigenvalue weighted by Gasteiger charge is -2.30. The fourth-order valence-corrected chi connectivity index (χ4v) is 2.43. The molecule has 0 bridgehead atoms. The number of carboxylic acids is 1. The third-order valence-electron chi connectivity index (χ3n) is 4.50. The summed E-state index contributed by atoms with van der Waals surface area (Å²) >= 11 is 4.29. The molecule has 0 saturated carbocycles. The van der Waals surface area contributed by atoms with Crippen molar-refractivity contribution in [3.05, 3.63) is 0 Å². The summed E-state index contributed by atoms with van der Waals surface area (Å²) in [5.74, 6) is -3.34. The molecular weight excluding hydrogens is 384 g/mol. The zero-order valence-corrected chi connectivity index (χ0v) is 18.3. The SMILES string of the molecule is CC[C@H](C)[C@H](NC(=O)[C@@H](NC(=O)[C@@H](N)C(C)(C)S)C(C)C)C(=O)NCC(=O)O. The van der Waals surface area contributed by atoms with Crippen molar-refractivity contribution >= 4 is 36.3 Å². The van der Waals surface area contributed by atoms with Crippen LogP contribution in [0.3, 0.4) is 0 Å². The molecule has 162 valence electrons. The minimum absolute atomic E-state index is 0.236. The third kappa shape index (κ3) is 8.47. The largest absolute Gasteiger partial charge is 0.480 e. The molecule has 0 aromatic heterocycles. The Morgan fingerprint density at radius 3 is 1.89 bits per heavy atom. The Morgan fingerprint density at radius 2 is 1.50 bits per heavy atom. The first kappa shape index (κ1) is 26.2. The van der Waals surface area contributed by atoms with Gasteiger partial charge in [0.2, 0.25) is 17.7 Å². The Morgan fingerprint density at radius 1 is 1.00 bits per heavy atom. The number of nitrogens with two attached hydrogens (primary N) is 1. The molecule has 0 aromatic rings. The van der Waals surface area contributed by atoms with Crippen molar-refractivity contribution in [1.29, 1.82) is 0 Å². The van der Waals surface area contributed by atoms with Gasteiger partial charge in [0.1, 0.15) is 18.6 Å². The van der Waals surface area contributed by atoms with Gasteiger partial charge >= 0.3 is 5.97 Å². The van der Waals surface area contributed by atoms with Crippen LogP contribution in [0.5, 0.6) is 0 Å². The highest BCUT2D eigenvalue weighted by molar-refractivity contribution is 7.81. The van der Waals surface area contributed by atoms with Gasteiger partial charge in [0, 0.05) is 4.75 Å². The maximum Gasteiger partial charge on any atom is 0.322 e. The average molecular weight is 419 g/mol. The first-order valence-corrected chi connectivity index (χ1v) is 9.75. The van der Waals surface area contributed by atoms with E-state index in [0.29, 0.717) is 6.42 Å². The molecule has 0 spiro atoms. The lowest BCUT2D eigenvalue weighted by molar-refractivity contribution is -0.139. The summed E-state index contributed by atoms with van der Waals surface area (Å²) in [7, 11) is 0. The van der Waals surface area contributed by atoms with E-state index >= 15 is 0 Å². The molecule has 4 atom stereocenters. The van der Waals surface area contributed by atoms with Crippen molar-refractivity contribution in [2.45, 2.75) is 70.8 Å². The topological polar surface area (TPSA) is 151 Å². The zero-order chi connectivity index (χ0) is 22.2. The van der Waals surface area contributed by atoms with Crippen LogP contribution in [0.2, 0.25) is 0 Å². The van der Waals surface area contributed by atoms with Crippen molar-refractivity contribution in [3.8, 4) is 0 Å². The highest BCUT2D eigenvalue weighted by Gasteiger charge is 2.34. The van der Waals surface area contributed by atoms with Gasteiger partial charge in [-0.15, -0.1) is 0 Å². The molecule has 0 aliphatic rings. The Kier molecular flexibility index (Phi) is 10.5. The van der Waals surface area contributed by atoms with E-state index in [2.05, 4.69) is 28.6 Å². The highest BCUT2D eigenvalue weighted by atomic mass is 32.1. The second-order valence-corrected chi connectivity index (χ2v) is 9.00. The summed E-state index contributed by atoms with van der Waals surface area (Å²) in [5, 5.41) is 16.3. The maximum atomic E-state index is 12.8. The minimum atomic E-state index is -1.18. The normalized spacial score (nSPS) is 15.9. The van der Waals surface area contributed by atoms with Gasteiger partial charge in [0.25, 0.3) is 0 Å². The smallest absolute Gasteiger partial charge is 0.322 e. The Labute approximate surface area is 172 Å². The number of amides is 3. The van der Waals surface area contributed by atoms with E-state index in [1.807, 2.05) is 6.92 Å². The van der Waals surface area contributed by atoms with E-state index in [1.165, 1.54) is 0 Å². The number of rotatable bonds is 11. The van der Waals surface area contributed by atoms with Gasteiger partial charge in [-0.1, -0.05) is 34.1 Å². The van der Waals surface area contributed by atoms with Crippen LogP contribution in [0.1, 0.15) is 48.0 Å². The van der Waals surface area contributed by atoms with Crippen molar-refractivity contribution in [3.63, 3.8) is 0 Å². The summed E-state index contributed by atoms with van der Waals surface area (Å²) in [6.07, 6.45) is 0.586. The van der Waals surface area contributed by atoms with Gasteiger partial charge in [-0.25, -0.2) is 0 Å². The van der Waals surface area contributed by atoms with Crippen LogP contribution >= 0.6 is 12.6 Å². The molecule has 0 unspecified atom stereocenters. The lowest BCUT2D eigenvalue weighted by Crippen LogP contribution is -2.60. The molecule has 0 aliphatic heterocycles. The number of carbonyl (C=O) groups is 4. The zero-order valence-electron chi connectivity index (χ0n) is 17.4. The number of carboxylic acid groups (broad SMARTS) is 1. The summed E-state index contributed by atoms with van der Waals surface area (Å²) in [6.45, 7) is 9.97. The molecule has 10 heteroatoms. The van der Waals surface area contributed by atoms with E-state index in [0.717, 1.165) is 0 Å². The Hall–Kier alpha value is -1.81. The van der Waals surface area contributed by atoms with E-state index in [-0.39, 0.29) is 11.8 Å². The van der Waals surface area contributed by atoms with Crippen LogP contribution in [-0.2, 0) is 19.2 Å². The van der Waals surface area contributed by atoms with Crippen molar-refractivity contribution in [2.24, 2.45) is 17.6 Å². The predicted octanol–water partition coefficient (Wildman–Crippen LogP) is -0.105.